The third kappa shape index (κ3) is 5.33. The summed E-state index contributed by atoms with van der Waals surface area (Å²) in [5.41, 5.74) is 1.31. The lowest BCUT2D eigenvalue weighted by atomic mass is 9.95. The van der Waals surface area contributed by atoms with E-state index in [-0.39, 0.29) is 17.1 Å². The molecule has 1 aliphatic rings. The van der Waals surface area contributed by atoms with Crippen LogP contribution in [0.25, 0.3) is 5.76 Å². The van der Waals surface area contributed by atoms with Crippen LogP contribution in [0.3, 0.4) is 0 Å². The topological polar surface area (TPSA) is 96.3 Å². The normalized spacial score (nSPS) is 16.3. The summed E-state index contributed by atoms with van der Waals surface area (Å²) in [5, 5.41) is 21.2. The number of hydrogen-bond acceptors (Lipinski definition) is 6. The van der Waals surface area contributed by atoms with E-state index >= 15 is 0 Å². The maximum absolute atomic E-state index is 13.4. The molecule has 7 heteroatoms. The van der Waals surface area contributed by atoms with Crippen LogP contribution >= 0.6 is 0 Å². The summed E-state index contributed by atoms with van der Waals surface area (Å²) >= 11 is 0. The van der Waals surface area contributed by atoms with Gasteiger partial charge in [-0.25, -0.2) is 0 Å². The van der Waals surface area contributed by atoms with Gasteiger partial charge >= 0.3 is 0 Å². The van der Waals surface area contributed by atoms with Crippen LogP contribution in [0.2, 0.25) is 0 Å². The third-order valence-corrected chi connectivity index (χ3v) is 6.33. The first kappa shape index (κ1) is 25.6. The zero-order valence-corrected chi connectivity index (χ0v) is 21.3. The summed E-state index contributed by atoms with van der Waals surface area (Å²) in [5.74, 6) is -0.0736. The van der Waals surface area contributed by atoms with Crippen molar-refractivity contribution in [3.8, 4) is 23.0 Å². The maximum atomic E-state index is 13.4. The van der Waals surface area contributed by atoms with Crippen LogP contribution in [0.5, 0.6) is 23.0 Å². The lowest BCUT2D eigenvalue weighted by Gasteiger charge is -2.25. The van der Waals surface area contributed by atoms with Crippen LogP contribution in [0.15, 0.2) is 109 Å². The summed E-state index contributed by atoms with van der Waals surface area (Å²) in [6.45, 7) is 2.50. The molecule has 1 saturated heterocycles. The van der Waals surface area contributed by atoms with Crippen LogP contribution in [0.1, 0.15) is 30.5 Å². The van der Waals surface area contributed by atoms with E-state index in [0.717, 1.165) is 6.42 Å². The molecule has 0 radical (unpaired) electrons. The lowest BCUT2D eigenvalue weighted by molar-refractivity contribution is -0.132. The van der Waals surface area contributed by atoms with Crippen LogP contribution in [0, 0.1) is 0 Å². The highest BCUT2D eigenvalue weighted by Crippen LogP contribution is 2.43. The number of aliphatic hydroxyl groups is 1. The number of aromatic hydroxyl groups is 1. The van der Waals surface area contributed by atoms with Gasteiger partial charge < -0.3 is 19.7 Å². The molecular formula is C32H27NO6. The molecule has 0 spiro atoms. The SMILES string of the molecule is CCCOc1cccc(/C(O)=C2/C(=O)C(=O)N(c3ccc(Oc4ccccc4)cc3)C2c2ccc(O)cc2)c1. The largest absolute Gasteiger partial charge is 0.508 e. The highest BCUT2D eigenvalue weighted by molar-refractivity contribution is 6.51. The van der Waals surface area contributed by atoms with Crippen molar-refractivity contribution >= 4 is 23.1 Å². The molecule has 0 aromatic heterocycles. The zero-order chi connectivity index (χ0) is 27.4. The van der Waals surface area contributed by atoms with Gasteiger partial charge in [-0.3, -0.25) is 14.5 Å². The molecule has 1 fully saturated rings. The number of amides is 1. The molecule has 4 aromatic carbocycles. The fourth-order valence-electron chi connectivity index (χ4n) is 4.48. The Kier molecular flexibility index (Phi) is 7.32. The number of ether oxygens (including phenoxy) is 2. The molecule has 1 unspecified atom stereocenters. The molecule has 1 heterocycles. The summed E-state index contributed by atoms with van der Waals surface area (Å²) in [6, 6.07) is 28.2. The Balaban J connectivity index is 1.56. The Morgan fingerprint density at radius 3 is 2.18 bits per heavy atom. The number of carbonyl (C=O) groups is 2. The summed E-state index contributed by atoms with van der Waals surface area (Å²) in [7, 11) is 0. The van der Waals surface area contributed by atoms with Crippen LogP contribution in [-0.2, 0) is 9.59 Å². The first-order valence-electron chi connectivity index (χ1n) is 12.6. The van der Waals surface area contributed by atoms with Gasteiger partial charge in [0.15, 0.2) is 0 Å². The van der Waals surface area contributed by atoms with E-state index in [0.29, 0.717) is 40.7 Å². The second-order valence-electron chi connectivity index (χ2n) is 9.05. The van der Waals surface area contributed by atoms with Crippen molar-refractivity contribution in [2.75, 3.05) is 11.5 Å². The van der Waals surface area contributed by atoms with Crippen molar-refractivity contribution in [1.29, 1.82) is 0 Å². The predicted octanol–water partition coefficient (Wildman–Crippen LogP) is 6.60. The van der Waals surface area contributed by atoms with Crippen LogP contribution in [-0.4, -0.2) is 28.5 Å². The molecule has 0 bridgehead atoms. The smallest absolute Gasteiger partial charge is 0.300 e. The van der Waals surface area contributed by atoms with Gasteiger partial charge in [0.1, 0.15) is 28.8 Å². The number of nitrogens with zero attached hydrogens (tertiary/aromatic N) is 1. The van der Waals surface area contributed by atoms with Gasteiger partial charge in [0, 0.05) is 11.3 Å². The molecule has 196 valence electrons. The van der Waals surface area contributed by atoms with Gasteiger partial charge in [-0.05, 0) is 72.6 Å². The van der Waals surface area contributed by atoms with Crippen LogP contribution < -0.4 is 14.4 Å². The second-order valence-corrected chi connectivity index (χ2v) is 9.05. The van der Waals surface area contributed by atoms with Gasteiger partial charge in [-0.15, -0.1) is 0 Å². The van der Waals surface area contributed by atoms with E-state index in [2.05, 4.69) is 0 Å². The second kappa shape index (κ2) is 11.1. The molecule has 2 N–H and O–H groups in total. The first-order valence-corrected chi connectivity index (χ1v) is 12.6. The summed E-state index contributed by atoms with van der Waals surface area (Å²) in [4.78, 5) is 28.2. The fraction of sp³-hybridized carbons (Fsp3) is 0.125. The van der Waals surface area contributed by atoms with E-state index in [9.17, 15) is 19.8 Å². The van der Waals surface area contributed by atoms with Gasteiger partial charge in [0.25, 0.3) is 11.7 Å². The number of Topliss-reactive ketones (excluding diaryl/α,β-unsaturated/α-hetero) is 1. The van der Waals surface area contributed by atoms with Crippen molar-refractivity contribution in [2.24, 2.45) is 0 Å². The molecule has 1 atom stereocenters. The Morgan fingerprint density at radius 2 is 1.49 bits per heavy atom. The van der Waals surface area contributed by atoms with Gasteiger partial charge in [-0.2, -0.15) is 0 Å². The predicted molar refractivity (Wildman–Crippen MR) is 148 cm³/mol. The minimum Gasteiger partial charge on any atom is -0.508 e. The number of aliphatic hydroxyl groups excluding tert-OH is 1. The Hall–Kier alpha value is -5.04. The standard InChI is InChI=1S/C32H27NO6/c1-2-19-38-27-10-6-7-22(20-27)30(35)28-29(21-11-15-24(34)16-12-21)33(32(37)31(28)36)23-13-17-26(18-14-23)39-25-8-4-3-5-9-25/h3-18,20,29,34-35H,2,19H2,1H3/b30-28-. The molecule has 39 heavy (non-hydrogen) atoms. The van der Waals surface area contributed by atoms with Gasteiger partial charge in [-0.1, -0.05) is 49.4 Å². The number of anilines is 1. The monoisotopic (exact) mass is 521 g/mol. The van der Waals surface area contributed by atoms with E-state index in [1.807, 2.05) is 37.3 Å². The number of phenols is 1. The van der Waals surface area contributed by atoms with E-state index in [4.69, 9.17) is 9.47 Å². The Labute approximate surface area is 226 Å². The fourth-order valence-corrected chi connectivity index (χ4v) is 4.48. The zero-order valence-electron chi connectivity index (χ0n) is 21.3. The molecular weight excluding hydrogens is 494 g/mol. The van der Waals surface area contributed by atoms with Crippen molar-refractivity contribution in [2.45, 2.75) is 19.4 Å². The third-order valence-electron chi connectivity index (χ3n) is 6.33. The van der Waals surface area contributed by atoms with Crippen molar-refractivity contribution in [3.63, 3.8) is 0 Å². The average Bonchev–Trinajstić information content (AvgIpc) is 3.23. The molecule has 1 amide bonds. The number of phenolic OH excluding ortho intramolecular Hbond substituents is 1. The van der Waals surface area contributed by atoms with E-state index < -0.39 is 17.7 Å². The van der Waals surface area contributed by atoms with Crippen molar-refractivity contribution in [3.05, 3.63) is 120 Å². The first-order chi connectivity index (χ1) is 19.0. The Morgan fingerprint density at radius 1 is 0.821 bits per heavy atom. The number of ketones is 1. The van der Waals surface area contributed by atoms with E-state index in [1.165, 1.54) is 17.0 Å². The van der Waals surface area contributed by atoms with Crippen LogP contribution in [0.4, 0.5) is 5.69 Å². The highest BCUT2D eigenvalue weighted by atomic mass is 16.5. The van der Waals surface area contributed by atoms with Crippen molar-refractivity contribution < 1.29 is 29.3 Å². The molecule has 5 rings (SSSR count). The lowest BCUT2D eigenvalue weighted by Crippen LogP contribution is -2.29. The quantitative estimate of drug-likeness (QED) is 0.154. The molecule has 4 aromatic rings. The molecule has 0 aliphatic carbocycles. The maximum Gasteiger partial charge on any atom is 0.300 e. The number of carbonyl (C=O) groups excluding carboxylic acids is 2. The molecule has 1 aliphatic heterocycles. The van der Waals surface area contributed by atoms with Gasteiger partial charge in [0.2, 0.25) is 0 Å². The average molecular weight is 522 g/mol. The number of rotatable bonds is 8. The minimum atomic E-state index is -0.924. The van der Waals surface area contributed by atoms with Crippen molar-refractivity contribution in [1.82, 2.24) is 0 Å². The highest BCUT2D eigenvalue weighted by Gasteiger charge is 2.47. The minimum absolute atomic E-state index is 0.0406. The van der Waals surface area contributed by atoms with E-state index in [1.54, 1.807) is 60.7 Å². The summed E-state index contributed by atoms with van der Waals surface area (Å²) in [6.07, 6.45) is 0.817. The number of para-hydroxylation sites is 1. The number of benzene rings is 4. The number of hydrogen-bond donors (Lipinski definition) is 2. The molecule has 0 saturated carbocycles. The summed E-state index contributed by atoms with van der Waals surface area (Å²) < 4.78 is 11.6. The van der Waals surface area contributed by atoms with Gasteiger partial charge in [0.05, 0.1) is 18.2 Å². The Bertz CT molecular complexity index is 1510. The molecule has 7 nitrogen and oxygen atoms in total.